The summed E-state index contributed by atoms with van der Waals surface area (Å²) >= 11 is 12.0. The highest BCUT2D eigenvalue weighted by Crippen LogP contribution is 2.22. The van der Waals surface area contributed by atoms with Crippen LogP contribution in [0.2, 0.25) is 10.0 Å². The van der Waals surface area contributed by atoms with E-state index in [1.165, 1.54) is 0 Å². The third-order valence-corrected chi connectivity index (χ3v) is 3.19. The first-order valence-corrected chi connectivity index (χ1v) is 6.29. The van der Waals surface area contributed by atoms with Gasteiger partial charge in [0.1, 0.15) is 0 Å². The van der Waals surface area contributed by atoms with E-state index in [1.54, 1.807) is 6.07 Å². The summed E-state index contributed by atoms with van der Waals surface area (Å²) in [6.45, 7) is 4.92. The fourth-order valence-corrected chi connectivity index (χ4v) is 2.07. The monoisotopic (exact) mass is 268 g/mol. The Morgan fingerprint density at radius 1 is 1.24 bits per heavy atom. The van der Waals surface area contributed by atoms with E-state index in [0.717, 1.165) is 11.3 Å². The Morgan fingerprint density at radius 3 is 2.59 bits per heavy atom. The van der Waals surface area contributed by atoms with Gasteiger partial charge in [0, 0.05) is 16.2 Å². The molecule has 2 aromatic rings. The molecule has 0 aliphatic rings. The first-order chi connectivity index (χ1) is 8.06. The Bertz CT molecular complexity index is 518. The van der Waals surface area contributed by atoms with Crippen LogP contribution in [-0.4, -0.2) is 9.78 Å². The minimum Gasteiger partial charge on any atom is -0.268 e. The van der Waals surface area contributed by atoms with Crippen LogP contribution in [0.15, 0.2) is 30.5 Å². The fraction of sp³-hybridized carbons (Fsp3) is 0.308. The van der Waals surface area contributed by atoms with Crippen molar-refractivity contribution >= 4 is 23.2 Å². The zero-order valence-corrected chi connectivity index (χ0v) is 11.3. The molecule has 0 atom stereocenters. The molecule has 2 nitrogen and oxygen atoms in total. The van der Waals surface area contributed by atoms with Gasteiger partial charge in [-0.3, -0.25) is 4.68 Å². The van der Waals surface area contributed by atoms with Gasteiger partial charge in [0.05, 0.1) is 12.2 Å². The van der Waals surface area contributed by atoms with Gasteiger partial charge in [-0.05, 0) is 29.7 Å². The fourth-order valence-electron chi connectivity index (χ4n) is 1.60. The Labute approximate surface area is 111 Å². The smallest absolute Gasteiger partial charge is 0.0674 e. The van der Waals surface area contributed by atoms with Crippen molar-refractivity contribution in [1.29, 1.82) is 0 Å². The number of rotatable bonds is 3. The minimum absolute atomic E-state index is 0.442. The lowest BCUT2D eigenvalue weighted by Crippen LogP contribution is -2.02. The lowest BCUT2D eigenvalue weighted by molar-refractivity contribution is 0.657. The van der Waals surface area contributed by atoms with Crippen LogP contribution in [0, 0.1) is 0 Å². The lowest BCUT2D eigenvalue weighted by Gasteiger charge is -2.05. The molecule has 90 valence electrons. The number of halogens is 2. The Kier molecular flexibility index (Phi) is 3.75. The summed E-state index contributed by atoms with van der Waals surface area (Å²) in [5, 5.41) is 5.83. The third kappa shape index (κ3) is 3.02. The van der Waals surface area contributed by atoms with Crippen molar-refractivity contribution in [2.75, 3.05) is 0 Å². The molecule has 4 heteroatoms. The summed E-state index contributed by atoms with van der Waals surface area (Å²) in [7, 11) is 0. The normalized spacial score (nSPS) is 11.1. The molecule has 0 spiro atoms. The third-order valence-electron chi connectivity index (χ3n) is 2.60. The Hall–Kier alpha value is -0.990. The van der Waals surface area contributed by atoms with Crippen LogP contribution < -0.4 is 0 Å². The lowest BCUT2D eigenvalue weighted by atomic mass is 10.1. The van der Waals surface area contributed by atoms with Crippen molar-refractivity contribution in [3.8, 4) is 0 Å². The molecule has 17 heavy (non-hydrogen) atoms. The van der Waals surface area contributed by atoms with E-state index < -0.39 is 0 Å². The van der Waals surface area contributed by atoms with E-state index in [2.05, 4.69) is 18.9 Å². The van der Waals surface area contributed by atoms with Gasteiger partial charge in [-0.2, -0.15) is 5.10 Å². The van der Waals surface area contributed by atoms with E-state index in [1.807, 2.05) is 29.1 Å². The molecule has 0 unspecified atom stereocenters. The summed E-state index contributed by atoms with van der Waals surface area (Å²) in [5.74, 6) is 0.442. The molecule has 0 N–H and O–H groups in total. The van der Waals surface area contributed by atoms with Crippen LogP contribution >= 0.6 is 23.2 Å². The standard InChI is InChI=1S/C13H14Cl2N2/c1-9(2)13-5-6-17(16-13)8-10-3-4-11(14)7-12(10)15/h3-7,9H,8H2,1-2H3. The maximum absolute atomic E-state index is 6.12. The van der Waals surface area contributed by atoms with Crippen molar-refractivity contribution in [2.45, 2.75) is 26.3 Å². The van der Waals surface area contributed by atoms with Crippen LogP contribution in [0.5, 0.6) is 0 Å². The first-order valence-electron chi connectivity index (χ1n) is 5.53. The molecule has 1 aromatic heterocycles. The van der Waals surface area contributed by atoms with Gasteiger partial charge >= 0.3 is 0 Å². The molecule has 1 heterocycles. The maximum Gasteiger partial charge on any atom is 0.0674 e. The van der Waals surface area contributed by atoms with Gasteiger partial charge in [-0.25, -0.2) is 0 Å². The molecule has 2 rings (SSSR count). The van der Waals surface area contributed by atoms with Gasteiger partial charge in [0.2, 0.25) is 0 Å². The highest BCUT2D eigenvalue weighted by atomic mass is 35.5. The van der Waals surface area contributed by atoms with Crippen LogP contribution in [0.25, 0.3) is 0 Å². The average Bonchev–Trinajstić information content (AvgIpc) is 2.71. The highest BCUT2D eigenvalue weighted by molar-refractivity contribution is 6.35. The zero-order valence-electron chi connectivity index (χ0n) is 9.82. The van der Waals surface area contributed by atoms with Crippen LogP contribution in [0.1, 0.15) is 31.0 Å². The summed E-state index contributed by atoms with van der Waals surface area (Å²) in [6, 6.07) is 7.57. The Balaban J connectivity index is 2.19. The van der Waals surface area contributed by atoms with Crippen molar-refractivity contribution in [3.05, 3.63) is 51.8 Å². The highest BCUT2D eigenvalue weighted by Gasteiger charge is 2.06. The molecule has 0 saturated carbocycles. The van der Waals surface area contributed by atoms with E-state index in [0.29, 0.717) is 22.5 Å². The number of nitrogens with zero attached hydrogens (tertiary/aromatic N) is 2. The van der Waals surface area contributed by atoms with Gasteiger partial charge in [-0.1, -0.05) is 43.1 Å². The van der Waals surface area contributed by atoms with Gasteiger partial charge in [0.25, 0.3) is 0 Å². The Morgan fingerprint density at radius 2 is 2.00 bits per heavy atom. The number of aromatic nitrogens is 2. The van der Waals surface area contributed by atoms with Gasteiger partial charge < -0.3 is 0 Å². The molecule has 0 fully saturated rings. The average molecular weight is 269 g/mol. The number of hydrogen-bond donors (Lipinski definition) is 0. The van der Waals surface area contributed by atoms with Crippen molar-refractivity contribution in [3.63, 3.8) is 0 Å². The van der Waals surface area contributed by atoms with Crippen LogP contribution in [0.4, 0.5) is 0 Å². The predicted molar refractivity (Wildman–Crippen MR) is 71.9 cm³/mol. The van der Waals surface area contributed by atoms with Gasteiger partial charge in [0.15, 0.2) is 0 Å². The second-order valence-corrected chi connectivity index (χ2v) is 5.17. The summed E-state index contributed by atoms with van der Waals surface area (Å²) in [6.07, 6.45) is 1.97. The number of hydrogen-bond acceptors (Lipinski definition) is 1. The molecule has 0 amide bonds. The van der Waals surface area contributed by atoms with Crippen molar-refractivity contribution in [2.24, 2.45) is 0 Å². The van der Waals surface area contributed by atoms with E-state index in [9.17, 15) is 0 Å². The van der Waals surface area contributed by atoms with Crippen molar-refractivity contribution < 1.29 is 0 Å². The van der Waals surface area contributed by atoms with Gasteiger partial charge in [-0.15, -0.1) is 0 Å². The molecule has 0 aliphatic heterocycles. The maximum atomic E-state index is 6.12. The first kappa shape index (κ1) is 12.5. The summed E-state index contributed by atoms with van der Waals surface area (Å²) in [4.78, 5) is 0. The van der Waals surface area contributed by atoms with E-state index in [-0.39, 0.29) is 0 Å². The second kappa shape index (κ2) is 5.11. The molecule has 0 radical (unpaired) electrons. The molecule has 0 saturated heterocycles. The molecule has 1 aromatic carbocycles. The van der Waals surface area contributed by atoms with E-state index >= 15 is 0 Å². The van der Waals surface area contributed by atoms with Crippen LogP contribution in [-0.2, 0) is 6.54 Å². The summed E-state index contributed by atoms with van der Waals surface area (Å²) in [5.41, 5.74) is 2.12. The second-order valence-electron chi connectivity index (χ2n) is 4.33. The van der Waals surface area contributed by atoms with E-state index in [4.69, 9.17) is 23.2 Å². The molecule has 0 bridgehead atoms. The van der Waals surface area contributed by atoms with Crippen molar-refractivity contribution in [1.82, 2.24) is 9.78 Å². The largest absolute Gasteiger partial charge is 0.268 e. The van der Waals surface area contributed by atoms with Crippen LogP contribution in [0.3, 0.4) is 0 Å². The number of benzene rings is 1. The molecule has 0 aliphatic carbocycles. The minimum atomic E-state index is 0.442. The molecular weight excluding hydrogens is 255 g/mol. The zero-order chi connectivity index (χ0) is 12.4. The predicted octanol–water partition coefficient (Wildman–Crippen LogP) is 4.36. The molecular formula is C13H14Cl2N2. The summed E-state index contributed by atoms with van der Waals surface area (Å²) < 4.78 is 1.89. The quantitative estimate of drug-likeness (QED) is 0.809. The SMILES string of the molecule is CC(C)c1ccn(Cc2ccc(Cl)cc2Cl)n1. The topological polar surface area (TPSA) is 17.8 Å².